The SMILES string of the molecule is N#Cc1cc(N)c(N2CCN(c3ccc(F)cc3)CC2)n1Cc1ccc(Cl)cc1Cl. The van der Waals surface area contributed by atoms with Crippen LogP contribution in [0.15, 0.2) is 48.5 Å². The van der Waals surface area contributed by atoms with Gasteiger partial charge in [-0.2, -0.15) is 5.26 Å². The Labute approximate surface area is 184 Å². The molecule has 1 saturated heterocycles. The summed E-state index contributed by atoms with van der Waals surface area (Å²) in [6, 6.07) is 15.8. The molecule has 5 nitrogen and oxygen atoms in total. The summed E-state index contributed by atoms with van der Waals surface area (Å²) in [7, 11) is 0. The van der Waals surface area contributed by atoms with Gasteiger partial charge in [0.05, 0.1) is 12.2 Å². The highest BCUT2D eigenvalue weighted by Gasteiger charge is 2.24. The Morgan fingerprint density at radius 2 is 1.63 bits per heavy atom. The summed E-state index contributed by atoms with van der Waals surface area (Å²) in [6.45, 7) is 3.40. The van der Waals surface area contributed by atoms with E-state index in [2.05, 4.69) is 15.9 Å². The largest absolute Gasteiger partial charge is 0.396 e. The molecule has 0 aliphatic carbocycles. The Bertz CT molecular complexity index is 1100. The lowest BCUT2D eigenvalue weighted by Crippen LogP contribution is -2.47. The molecular weight excluding hydrogens is 424 g/mol. The van der Waals surface area contributed by atoms with E-state index >= 15 is 0 Å². The summed E-state index contributed by atoms with van der Waals surface area (Å²) < 4.78 is 15.1. The number of nitriles is 1. The van der Waals surface area contributed by atoms with Gasteiger partial charge in [-0.1, -0.05) is 29.3 Å². The fourth-order valence-electron chi connectivity index (χ4n) is 3.81. The minimum atomic E-state index is -0.243. The first kappa shape index (κ1) is 20.4. The molecule has 0 bridgehead atoms. The van der Waals surface area contributed by atoms with Crippen LogP contribution in [0.5, 0.6) is 0 Å². The number of aromatic nitrogens is 1. The van der Waals surface area contributed by atoms with Crippen LogP contribution in [0.1, 0.15) is 11.3 Å². The maximum Gasteiger partial charge on any atom is 0.133 e. The van der Waals surface area contributed by atoms with Gasteiger partial charge in [-0.3, -0.25) is 0 Å². The first-order valence-corrected chi connectivity index (χ1v) is 10.3. The summed E-state index contributed by atoms with van der Waals surface area (Å²) in [5.41, 5.74) is 9.20. The molecule has 0 unspecified atom stereocenters. The van der Waals surface area contributed by atoms with E-state index in [1.165, 1.54) is 12.1 Å². The molecule has 1 fully saturated rings. The Hall–Kier alpha value is -2.88. The fourth-order valence-corrected chi connectivity index (χ4v) is 4.28. The predicted molar refractivity (Wildman–Crippen MR) is 120 cm³/mol. The number of halogens is 3. The minimum Gasteiger partial charge on any atom is -0.396 e. The van der Waals surface area contributed by atoms with Crippen molar-refractivity contribution in [2.75, 3.05) is 41.7 Å². The topological polar surface area (TPSA) is 61.2 Å². The second-order valence-corrected chi connectivity index (χ2v) is 8.04. The van der Waals surface area contributed by atoms with E-state index in [0.717, 1.165) is 43.2 Å². The van der Waals surface area contributed by atoms with E-state index in [9.17, 15) is 9.65 Å². The first-order chi connectivity index (χ1) is 14.5. The summed E-state index contributed by atoms with van der Waals surface area (Å²) in [5.74, 6) is 0.573. The van der Waals surface area contributed by atoms with E-state index < -0.39 is 0 Å². The lowest BCUT2D eigenvalue weighted by atomic mass is 10.2. The van der Waals surface area contributed by atoms with Gasteiger partial charge in [0, 0.05) is 41.9 Å². The number of hydrogen-bond acceptors (Lipinski definition) is 4. The smallest absolute Gasteiger partial charge is 0.133 e. The Morgan fingerprint density at radius 3 is 2.27 bits per heavy atom. The van der Waals surface area contributed by atoms with Gasteiger partial charge in [0.15, 0.2) is 0 Å². The molecule has 154 valence electrons. The van der Waals surface area contributed by atoms with Crippen LogP contribution in [0.4, 0.5) is 21.6 Å². The Morgan fingerprint density at radius 1 is 0.967 bits per heavy atom. The molecule has 0 radical (unpaired) electrons. The van der Waals surface area contributed by atoms with Gasteiger partial charge in [0.2, 0.25) is 0 Å². The van der Waals surface area contributed by atoms with E-state index in [1.54, 1.807) is 30.3 Å². The van der Waals surface area contributed by atoms with Crippen molar-refractivity contribution in [1.29, 1.82) is 5.26 Å². The molecule has 2 N–H and O–H groups in total. The molecule has 30 heavy (non-hydrogen) atoms. The molecule has 1 aliphatic rings. The maximum absolute atomic E-state index is 13.2. The lowest BCUT2D eigenvalue weighted by molar-refractivity contribution is 0.620. The standard InChI is InChI=1S/C22H20Cl2FN5/c23-16-2-1-15(20(24)11-16)14-30-19(13-26)12-21(27)22(30)29-9-7-28(8-10-29)18-5-3-17(25)4-6-18/h1-6,11-12H,7-10,14,27H2. The molecule has 2 heterocycles. The number of benzene rings is 2. The van der Waals surface area contributed by atoms with Crippen LogP contribution in [0.25, 0.3) is 0 Å². The number of nitrogens with two attached hydrogens (primary N) is 1. The van der Waals surface area contributed by atoms with Gasteiger partial charge in [0.1, 0.15) is 23.4 Å². The summed E-state index contributed by atoms with van der Waals surface area (Å²) in [5, 5.41) is 10.7. The average molecular weight is 444 g/mol. The van der Waals surface area contributed by atoms with Crippen molar-refractivity contribution in [3.05, 3.63) is 75.7 Å². The molecule has 2 aromatic carbocycles. The number of hydrogen-bond donors (Lipinski definition) is 1. The highest BCUT2D eigenvalue weighted by Crippen LogP contribution is 2.32. The van der Waals surface area contributed by atoms with Crippen molar-refractivity contribution in [2.24, 2.45) is 0 Å². The van der Waals surface area contributed by atoms with Gasteiger partial charge in [-0.25, -0.2) is 4.39 Å². The second kappa shape index (κ2) is 8.47. The van der Waals surface area contributed by atoms with Gasteiger partial charge in [-0.15, -0.1) is 0 Å². The molecule has 8 heteroatoms. The third kappa shape index (κ3) is 4.04. The zero-order valence-corrected chi connectivity index (χ0v) is 17.7. The molecule has 0 spiro atoms. The van der Waals surface area contributed by atoms with Crippen molar-refractivity contribution in [3.63, 3.8) is 0 Å². The number of nitrogens with zero attached hydrogens (tertiary/aromatic N) is 4. The predicted octanol–water partition coefficient (Wildman–Crippen LogP) is 4.76. The van der Waals surface area contributed by atoms with Crippen LogP contribution < -0.4 is 15.5 Å². The fraction of sp³-hybridized carbons (Fsp3) is 0.227. The minimum absolute atomic E-state index is 0.243. The quantitative estimate of drug-likeness (QED) is 0.630. The Balaban J connectivity index is 1.58. The van der Waals surface area contributed by atoms with Crippen LogP contribution in [0.3, 0.4) is 0 Å². The van der Waals surface area contributed by atoms with E-state index in [1.807, 2.05) is 10.6 Å². The summed E-state index contributed by atoms with van der Waals surface area (Å²) >= 11 is 12.4. The zero-order chi connectivity index (χ0) is 21.3. The highest BCUT2D eigenvalue weighted by atomic mass is 35.5. The first-order valence-electron chi connectivity index (χ1n) is 9.55. The number of piperazine rings is 1. The van der Waals surface area contributed by atoms with E-state index in [4.69, 9.17) is 28.9 Å². The van der Waals surface area contributed by atoms with Crippen molar-refractivity contribution < 1.29 is 4.39 Å². The van der Waals surface area contributed by atoms with Crippen molar-refractivity contribution in [2.45, 2.75) is 6.54 Å². The molecule has 0 atom stereocenters. The molecule has 4 rings (SSSR count). The zero-order valence-electron chi connectivity index (χ0n) is 16.2. The Kier molecular flexibility index (Phi) is 5.76. The van der Waals surface area contributed by atoms with Crippen LogP contribution >= 0.6 is 23.2 Å². The van der Waals surface area contributed by atoms with Crippen molar-refractivity contribution in [3.8, 4) is 6.07 Å². The third-order valence-electron chi connectivity index (χ3n) is 5.33. The molecular formula is C22H20Cl2FN5. The number of nitrogen functional groups attached to an aromatic ring is 1. The lowest BCUT2D eigenvalue weighted by Gasteiger charge is -2.38. The van der Waals surface area contributed by atoms with Gasteiger partial charge in [-0.05, 0) is 48.0 Å². The van der Waals surface area contributed by atoms with Gasteiger partial charge in [0.25, 0.3) is 0 Å². The molecule has 3 aromatic rings. The highest BCUT2D eigenvalue weighted by molar-refractivity contribution is 6.35. The van der Waals surface area contributed by atoms with Crippen molar-refractivity contribution in [1.82, 2.24) is 4.57 Å². The monoisotopic (exact) mass is 443 g/mol. The maximum atomic E-state index is 13.2. The van der Waals surface area contributed by atoms with Crippen LogP contribution in [0.2, 0.25) is 10.0 Å². The van der Waals surface area contributed by atoms with E-state index in [-0.39, 0.29) is 5.82 Å². The third-order valence-corrected chi connectivity index (χ3v) is 5.91. The normalized spacial score (nSPS) is 14.1. The number of anilines is 3. The summed E-state index contributed by atoms with van der Waals surface area (Å²) in [6.07, 6.45) is 0. The van der Waals surface area contributed by atoms with Gasteiger partial charge < -0.3 is 20.1 Å². The van der Waals surface area contributed by atoms with Crippen LogP contribution in [-0.2, 0) is 6.54 Å². The van der Waals surface area contributed by atoms with Crippen LogP contribution in [-0.4, -0.2) is 30.7 Å². The van der Waals surface area contributed by atoms with Gasteiger partial charge >= 0.3 is 0 Å². The average Bonchev–Trinajstić information content (AvgIpc) is 3.06. The number of rotatable bonds is 4. The molecule has 0 saturated carbocycles. The second-order valence-electron chi connectivity index (χ2n) is 7.19. The summed E-state index contributed by atoms with van der Waals surface area (Å²) in [4.78, 5) is 4.39. The molecule has 0 amide bonds. The van der Waals surface area contributed by atoms with Crippen LogP contribution in [0, 0.1) is 17.1 Å². The molecule has 1 aliphatic heterocycles. The van der Waals surface area contributed by atoms with Crippen molar-refractivity contribution >= 4 is 40.4 Å². The molecule has 1 aromatic heterocycles. The van der Waals surface area contributed by atoms with E-state index in [0.29, 0.717) is 28.0 Å².